The van der Waals surface area contributed by atoms with Crippen molar-refractivity contribution in [3.05, 3.63) is 83.4 Å². The number of nitrogens with one attached hydrogen (secondary N) is 1. The van der Waals surface area contributed by atoms with Crippen molar-refractivity contribution in [1.82, 2.24) is 4.90 Å². The van der Waals surface area contributed by atoms with E-state index < -0.39 is 0 Å². The minimum Gasteiger partial charge on any atom is -0.497 e. The van der Waals surface area contributed by atoms with Crippen LogP contribution in [0.15, 0.2) is 66.7 Å². The van der Waals surface area contributed by atoms with Gasteiger partial charge in [0.15, 0.2) is 5.11 Å². The molecule has 0 radical (unpaired) electrons. The Balaban J connectivity index is 1.83. The van der Waals surface area contributed by atoms with E-state index in [-0.39, 0.29) is 0 Å². The molecule has 0 saturated heterocycles. The fourth-order valence-electron chi connectivity index (χ4n) is 3.48. The Labute approximate surface area is 202 Å². The lowest BCUT2D eigenvalue weighted by atomic mass is 10.0. The van der Waals surface area contributed by atoms with Crippen LogP contribution in [-0.4, -0.2) is 31.3 Å². The Morgan fingerprint density at radius 3 is 1.85 bits per heavy atom. The molecular formula is C27H32N2O3S. The summed E-state index contributed by atoms with van der Waals surface area (Å²) in [5.41, 5.74) is 4.45. The molecule has 33 heavy (non-hydrogen) atoms. The standard InChI is InChI=1S/C27H32N2O3S/c1-19(2)22-10-6-20(7-11-22)17-29(18-21-8-12-23(30-3)13-9-21)27(33)28-25-15-14-24(31-4)16-26(25)32-5/h6-16,19H,17-18H2,1-5H3,(H,28,33). The smallest absolute Gasteiger partial charge is 0.174 e. The fourth-order valence-corrected chi connectivity index (χ4v) is 3.71. The summed E-state index contributed by atoms with van der Waals surface area (Å²) in [4.78, 5) is 2.14. The summed E-state index contributed by atoms with van der Waals surface area (Å²) >= 11 is 5.84. The van der Waals surface area contributed by atoms with Gasteiger partial charge in [-0.1, -0.05) is 50.2 Å². The summed E-state index contributed by atoms with van der Waals surface area (Å²) < 4.78 is 16.1. The predicted molar refractivity (Wildman–Crippen MR) is 139 cm³/mol. The Kier molecular flexibility index (Phi) is 8.55. The molecule has 0 saturated carbocycles. The molecular weight excluding hydrogens is 432 g/mol. The molecule has 1 N–H and O–H groups in total. The number of hydrogen-bond acceptors (Lipinski definition) is 4. The van der Waals surface area contributed by atoms with Gasteiger partial charge >= 0.3 is 0 Å². The van der Waals surface area contributed by atoms with E-state index in [4.69, 9.17) is 26.4 Å². The van der Waals surface area contributed by atoms with Crippen LogP contribution in [0.25, 0.3) is 0 Å². The third kappa shape index (κ3) is 6.62. The first-order valence-corrected chi connectivity index (χ1v) is 11.3. The van der Waals surface area contributed by atoms with E-state index in [9.17, 15) is 0 Å². The van der Waals surface area contributed by atoms with Gasteiger partial charge in [-0.3, -0.25) is 0 Å². The van der Waals surface area contributed by atoms with E-state index >= 15 is 0 Å². The average molecular weight is 465 g/mol. The molecule has 5 nitrogen and oxygen atoms in total. The number of benzene rings is 3. The maximum Gasteiger partial charge on any atom is 0.174 e. The van der Waals surface area contributed by atoms with E-state index in [1.165, 1.54) is 11.1 Å². The number of methoxy groups -OCH3 is 3. The summed E-state index contributed by atoms with van der Waals surface area (Å²) in [5, 5.41) is 3.97. The van der Waals surface area contributed by atoms with Gasteiger partial charge in [0, 0.05) is 19.2 Å². The Hall–Kier alpha value is -3.25. The molecule has 3 aromatic rings. The zero-order valence-electron chi connectivity index (χ0n) is 19.9. The number of nitrogens with zero attached hydrogens (tertiary/aromatic N) is 1. The van der Waals surface area contributed by atoms with E-state index in [1.54, 1.807) is 21.3 Å². The van der Waals surface area contributed by atoms with Crippen LogP contribution >= 0.6 is 12.2 Å². The Morgan fingerprint density at radius 1 is 0.788 bits per heavy atom. The molecule has 6 heteroatoms. The van der Waals surface area contributed by atoms with E-state index in [0.717, 1.165) is 22.7 Å². The van der Waals surface area contributed by atoms with E-state index in [0.29, 0.717) is 29.9 Å². The molecule has 174 valence electrons. The molecule has 0 amide bonds. The molecule has 0 heterocycles. The highest BCUT2D eigenvalue weighted by Crippen LogP contribution is 2.29. The van der Waals surface area contributed by atoms with Crippen molar-refractivity contribution in [2.75, 3.05) is 26.6 Å². The van der Waals surface area contributed by atoms with Gasteiger partial charge < -0.3 is 24.4 Å². The number of rotatable bonds is 9. The van der Waals surface area contributed by atoms with Crippen LogP contribution in [0.1, 0.15) is 36.5 Å². The van der Waals surface area contributed by atoms with Crippen molar-refractivity contribution in [2.24, 2.45) is 0 Å². The van der Waals surface area contributed by atoms with Gasteiger partial charge in [0.1, 0.15) is 17.2 Å². The second-order valence-electron chi connectivity index (χ2n) is 8.10. The van der Waals surface area contributed by atoms with Crippen LogP contribution in [0.4, 0.5) is 5.69 Å². The SMILES string of the molecule is COc1ccc(CN(Cc2ccc(C(C)C)cc2)C(=S)Nc2ccc(OC)cc2OC)cc1. The van der Waals surface area contributed by atoms with Crippen molar-refractivity contribution in [3.8, 4) is 17.2 Å². The van der Waals surface area contributed by atoms with Gasteiger partial charge in [0.25, 0.3) is 0 Å². The van der Waals surface area contributed by atoms with Crippen molar-refractivity contribution in [3.63, 3.8) is 0 Å². The number of hydrogen-bond donors (Lipinski definition) is 1. The normalized spacial score (nSPS) is 10.6. The van der Waals surface area contributed by atoms with Crippen LogP contribution in [0, 0.1) is 0 Å². The second kappa shape index (κ2) is 11.6. The highest BCUT2D eigenvalue weighted by Gasteiger charge is 2.15. The van der Waals surface area contributed by atoms with Crippen molar-refractivity contribution in [2.45, 2.75) is 32.9 Å². The molecule has 3 aromatic carbocycles. The van der Waals surface area contributed by atoms with Crippen LogP contribution in [-0.2, 0) is 13.1 Å². The van der Waals surface area contributed by atoms with Gasteiger partial charge in [0.05, 0.1) is 27.0 Å². The van der Waals surface area contributed by atoms with E-state index in [1.807, 2.05) is 30.3 Å². The summed E-state index contributed by atoms with van der Waals surface area (Å²) in [7, 11) is 4.94. The molecule has 3 rings (SSSR count). The lowest BCUT2D eigenvalue weighted by molar-refractivity contribution is 0.394. The molecule has 0 aliphatic carbocycles. The van der Waals surface area contributed by atoms with E-state index in [2.05, 4.69) is 60.5 Å². The van der Waals surface area contributed by atoms with Gasteiger partial charge in [0.2, 0.25) is 0 Å². The largest absolute Gasteiger partial charge is 0.497 e. The van der Waals surface area contributed by atoms with Gasteiger partial charge in [-0.05, 0) is 59.1 Å². The molecule has 0 spiro atoms. The van der Waals surface area contributed by atoms with Crippen LogP contribution in [0.5, 0.6) is 17.2 Å². The third-order valence-corrected chi connectivity index (χ3v) is 5.85. The summed E-state index contributed by atoms with van der Waals surface area (Å²) in [6.45, 7) is 5.73. The maximum atomic E-state index is 5.84. The topological polar surface area (TPSA) is 43.0 Å². The molecule has 0 atom stereocenters. The van der Waals surface area contributed by atoms with Gasteiger partial charge in [-0.15, -0.1) is 0 Å². The quantitative estimate of drug-likeness (QED) is 0.378. The van der Waals surface area contributed by atoms with Crippen molar-refractivity contribution >= 4 is 23.0 Å². The monoisotopic (exact) mass is 464 g/mol. The lowest BCUT2D eigenvalue weighted by Crippen LogP contribution is -2.34. The highest BCUT2D eigenvalue weighted by molar-refractivity contribution is 7.80. The predicted octanol–water partition coefficient (Wildman–Crippen LogP) is 6.24. The Morgan fingerprint density at radius 2 is 1.33 bits per heavy atom. The van der Waals surface area contributed by atoms with Crippen LogP contribution < -0.4 is 19.5 Å². The van der Waals surface area contributed by atoms with Crippen LogP contribution in [0.3, 0.4) is 0 Å². The minimum atomic E-state index is 0.500. The zero-order valence-corrected chi connectivity index (χ0v) is 20.7. The second-order valence-corrected chi connectivity index (χ2v) is 8.48. The minimum absolute atomic E-state index is 0.500. The molecule has 0 bridgehead atoms. The third-order valence-electron chi connectivity index (χ3n) is 5.49. The lowest BCUT2D eigenvalue weighted by Gasteiger charge is -2.27. The molecule has 0 aromatic heterocycles. The highest BCUT2D eigenvalue weighted by atomic mass is 32.1. The summed E-state index contributed by atoms with van der Waals surface area (Å²) in [5.74, 6) is 2.73. The van der Waals surface area contributed by atoms with Crippen molar-refractivity contribution < 1.29 is 14.2 Å². The molecule has 0 aliphatic rings. The van der Waals surface area contributed by atoms with Crippen molar-refractivity contribution in [1.29, 1.82) is 0 Å². The van der Waals surface area contributed by atoms with Gasteiger partial charge in [-0.25, -0.2) is 0 Å². The number of ether oxygens (including phenoxy) is 3. The van der Waals surface area contributed by atoms with Crippen LogP contribution in [0.2, 0.25) is 0 Å². The molecule has 0 unspecified atom stereocenters. The van der Waals surface area contributed by atoms with Gasteiger partial charge in [-0.2, -0.15) is 0 Å². The molecule has 0 fully saturated rings. The summed E-state index contributed by atoms with van der Waals surface area (Å²) in [6, 6.07) is 22.4. The fraction of sp³-hybridized carbons (Fsp3) is 0.296. The zero-order chi connectivity index (χ0) is 23.8. The maximum absolute atomic E-state index is 5.84. The number of anilines is 1. The first-order chi connectivity index (χ1) is 15.9. The average Bonchev–Trinajstić information content (AvgIpc) is 2.84. The molecule has 0 aliphatic heterocycles. The Bertz CT molecular complexity index is 1050. The number of thiocarbonyl (C=S) groups is 1. The summed E-state index contributed by atoms with van der Waals surface area (Å²) in [6.07, 6.45) is 0. The first kappa shape index (κ1) is 24.4. The first-order valence-electron chi connectivity index (χ1n) is 10.9.